The average Bonchev–Trinajstić information content (AvgIpc) is 2.14. The van der Waals surface area contributed by atoms with Gasteiger partial charge in [0.05, 0.1) is 0 Å². The fraction of sp³-hybridized carbons (Fsp3) is 0. The fourth-order valence-corrected chi connectivity index (χ4v) is 1.42. The van der Waals surface area contributed by atoms with E-state index in [0.29, 0.717) is 6.07 Å². The second-order valence-electron chi connectivity index (χ2n) is 2.49. The summed E-state index contributed by atoms with van der Waals surface area (Å²) in [5.41, 5.74) is 0. The highest BCUT2D eigenvalue weighted by atomic mass is 32.2. The summed E-state index contributed by atoms with van der Waals surface area (Å²) < 4.78 is 30.1. The zero-order valence-corrected chi connectivity index (χ0v) is 8.25. The molecule has 88 valence electrons. The molecule has 16 heavy (non-hydrogen) atoms. The summed E-state index contributed by atoms with van der Waals surface area (Å²) in [6.45, 7) is 0. The molecule has 0 aliphatic rings. The number of aromatic hydroxyl groups is 1. The van der Waals surface area contributed by atoms with E-state index in [9.17, 15) is 18.5 Å². The van der Waals surface area contributed by atoms with Crippen molar-refractivity contribution >= 4 is 10.1 Å². The second-order valence-corrected chi connectivity index (χ2v) is 3.88. The molecule has 1 aromatic rings. The molecule has 1 aromatic carbocycles. The third-order valence-electron chi connectivity index (χ3n) is 1.40. The third-order valence-corrected chi connectivity index (χ3v) is 2.29. The Bertz CT molecular complexity index is 509. The third kappa shape index (κ3) is 2.96. The normalized spacial score (nSPS) is 10.8. The first-order chi connectivity index (χ1) is 7.30. The number of benzene rings is 1. The van der Waals surface area contributed by atoms with Crippen LogP contribution in [0.5, 0.6) is 11.5 Å². The van der Waals surface area contributed by atoms with Crippen LogP contribution >= 0.6 is 0 Å². The molecule has 0 fully saturated rings. The molecular weight excluding hydrogens is 246 g/mol. The van der Waals surface area contributed by atoms with Gasteiger partial charge >= 0.3 is 5.09 Å². The van der Waals surface area contributed by atoms with E-state index in [1.807, 2.05) is 0 Å². The number of hydrogen-bond donors (Lipinski definition) is 2. The molecule has 0 saturated carbocycles. The van der Waals surface area contributed by atoms with Gasteiger partial charge in [0.25, 0.3) is 10.1 Å². The molecule has 1 rings (SSSR count). The van der Waals surface area contributed by atoms with Gasteiger partial charge in [-0.1, -0.05) is 4.99 Å². The van der Waals surface area contributed by atoms with Gasteiger partial charge in [-0.05, 0) is 12.1 Å². The number of phenols is 1. The van der Waals surface area contributed by atoms with Gasteiger partial charge in [0.2, 0.25) is 0 Å². The Kier molecular flexibility index (Phi) is 3.15. The van der Waals surface area contributed by atoms with Gasteiger partial charge in [0.1, 0.15) is 10.6 Å². The van der Waals surface area contributed by atoms with Crippen LogP contribution in [0.25, 0.3) is 0 Å². The van der Waals surface area contributed by atoms with Crippen molar-refractivity contribution < 1.29 is 33.0 Å². The first kappa shape index (κ1) is 12.0. The predicted molar refractivity (Wildman–Crippen MR) is 46.6 cm³/mol. The van der Waals surface area contributed by atoms with E-state index >= 15 is 0 Å². The van der Waals surface area contributed by atoms with Crippen LogP contribution in [0.3, 0.4) is 0 Å². The Morgan fingerprint density at radius 2 is 2.00 bits per heavy atom. The van der Waals surface area contributed by atoms with Gasteiger partial charge in [-0.2, -0.15) is 8.42 Å². The number of phenolic OH excluding ortho intramolecular Hbond substituents is 1. The molecule has 0 atom stereocenters. The lowest BCUT2D eigenvalue weighted by molar-refractivity contribution is -0.832. The lowest BCUT2D eigenvalue weighted by Crippen LogP contribution is -2.05. The smallest absolute Gasteiger partial charge is 0.331 e. The first-order valence-corrected chi connectivity index (χ1v) is 5.04. The van der Waals surface area contributed by atoms with Gasteiger partial charge in [-0.25, -0.2) is 0 Å². The lowest BCUT2D eigenvalue weighted by atomic mass is 10.3. The van der Waals surface area contributed by atoms with E-state index < -0.39 is 25.8 Å². The summed E-state index contributed by atoms with van der Waals surface area (Å²) >= 11 is 0. The molecule has 0 unspecified atom stereocenters. The molecule has 0 aromatic heterocycles. The summed E-state index contributed by atoms with van der Waals surface area (Å²) in [7, 11) is -4.65. The number of nitrogens with zero attached hydrogens (tertiary/aromatic N) is 1. The van der Waals surface area contributed by atoms with Crippen LogP contribution in [0.1, 0.15) is 0 Å². The molecular formula is C6H5NO8S. The van der Waals surface area contributed by atoms with Crippen molar-refractivity contribution in [1.82, 2.24) is 0 Å². The molecule has 0 aliphatic heterocycles. The van der Waals surface area contributed by atoms with E-state index in [1.54, 1.807) is 0 Å². The van der Waals surface area contributed by atoms with E-state index in [-0.39, 0.29) is 5.75 Å². The lowest BCUT2D eigenvalue weighted by Gasteiger charge is -2.04. The number of rotatable bonds is 4. The molecule has 0 heterocycles. The Morgan fingerprint density at radius 1 is 1.38 bits per heavy atom. The highest BCUT2D eigenvalue weighted by molar-refractivity contribution is 7.86. The Balaban J connectivity index is 3.04. The zero-order chi connectivity index (χ0) is 12.3. The molecule has 0 saturated heterocycles. The van der Waals surface area contributed by atoms with Gasteiger partial charge in [0.15, 0.2) is 5.75 Å². The van der Waals surface area contributed by atoms with Gasteiger partial charge in [-0.3, -0.25) is 4.55 Å². The zero-order valence-electron chi connectivity index (χ0n) is 7.43. The average molecular weight is 251 g/mol. The van der Waals surface area contributed by atoms with Crippen LogP contribution in [-0.4, -0.2) is 23.2 Å². The van der Waals surface area contributed by atoms with Crippen molar-refractivity contribution in [3.8, 4) is 11.5 Å². The Morgan fingerprint density at radius 3 is 2.50 bits per heavy atom. The van der Waals surface area contributed by atoms with Gasteiger partial charge < -0.3 is 9.99 Å². The van der Waals surface area contributed by atoms with Crippen molar-refractivity contribution in [1.29, 1.82) is 0 Å². The Labute approximate surface area is 88.6 Å². The summed E-state index contributed by atoms with van der Waals surface area (Å²) in [5, 5.41) is 17.6. The minimum atomic E-state index is -4.65. The Hall–Kier alpha value is -2.07. The maximum Gasteiger partial charge on any atom is 0.331 e. The highest BCUT2D eigenvalue weighted by Gasteiger charge is 2.17. The van der Waals surface area contributed by atoms with Crippen LogP contribution in [0.15, 0.2) is 23.1 Å². The van der Waals surface area contributed by atoms with Crippen molar-refractivity contribution in [3.63, 3.8) is 0 Å². The molecule has 0 spiro atoms. The monoisotopic (exact) mass is 251 g/mol. The quantitative estimate of drug-likeness (QED) is 0.333. The summed E-state index contributed by atoms with van der Waals surface area (Å²) in [6.07, 6.45) is 0. The van der Waals surface area contributed by atoms with Crippen molar-refractivity contribution in [2.24, 2.45) is 0 Å². The van der Waals surface area contributed by atoms with E-state index in [4.69, 9.17) is 9.66 Å². The van der Waals surface area contributed by atoms with Gasteiger partial charge in [0, 0.05) is 6.07 Å². The molecule has 0 bridgehead atoms. The minimum absolute atomic E-state index is 0.373. The fourth-order valence-electron chi connectivity index (χ4n) is 0.826. The topological polar surface area (TPSA) is 136 Å². The van der Waals surface area contributed by atoms with Crippen molar-refractivity contribution in [3.05, 3.63) is 28.3 Å². The van der Waals surface area contributed by atoms with Crippen LogP contribution in [0, 0.1) is 10.1 Å². The molecule has 2 N–H and O–H groups in total. The van der Waals surface area contributed by atoms with Crippen LogP contribution in [0.4, 0.5) is 0 Å². The summed E-state index contributed by atoms with van der Waals surface area (Å²) in [6, 6.07) is 2.53. The largest absolute Gasteiger partial charge is 0.506 e. The first-order valence-electron chi connectivity index (χ1n) is 3.60. The van der Waals surface area contributed by atoms with Gasteiger partial charge in [-0.15, -0.1) is 10.1 Å². The molecule has 0 aliphatic carbocycles. The molecule has 10 heteroatoms. The van der Waals surface area contributed by atoms with E-state index in [1.165, 1.54) is 0 Å². The summed E-state index contributed by atoms with van der Waals surface area (Å²) in [5.74, 6) is -1.10. The maximum absolute atomic E-state index is 10.7. The molecule has 9 nitrogen and oxygen atoms in total. The van der Waals surface area contributed by atoms with E-state index in [0.717, 1.165) is 12.1 Å². The standard InChI is InChI=1S/C6H5NO8S/c8-5-2-1-4(14-15-7(9)10)3-6(5)16(11,12)13/h1-3,8H,(H,11,12,13). The predicted octanol–water partition coefficient (Wildman–Crippen LogP) is 0.141. The van der Waals surface area contributed by atoms with Crippen LogP contribution in [0.2, 0.25) is 0 Å². The SMILES string of the molecule is O=[N+]([O-])OOc1ccc(O)c(S(=O)(=O)O)c1. The number of hydrogen-bond acceptors (Lipinski definition) is 7. The summed E-state index contributed by atoms with van der Waals surface area (Å²) in [4.78, 5) is 16.5. The minimum Gasteiger partial charge on any atom is -0.506 e. The van der Waals surface area contributed by atoms with Crippen molar-refractivity contribution in [2.45, 2.75) is 4.90 Å². The van der Waals surface area contributed by atoms with Crippen LogP contribution < -0.4 is 4.89 Å². The van der Waals surface area contributed by atoms with E-state index in [2.05, 4.69) is 9.88 Å². The molecule has 0 radical (unpaired) electrons. The maximum atomic E-state index is 10.7. The molecule has 0 amide bonds. The van der Waals surface area contributed by atoms with Crippen molar-refractivity contribution in [2.75, 3.05) is 0 Å². The van der Waals surface area contributed by atoms with Crippen LogP contribution in [-0.2, 0) is 15.1 Å². The highest BCUT2D eigenvalue weighted by Crippen LogP contribution is 2.26. The second kappa shape index (κ2) is 4.20.